The molecule has 76 valence electrons. The molecule has 0 aliphatic carbocycles. The average molecular weight is 191 g/mol. The van der Waals surface area contributed by atoms with Gasteiger partial charge in [0.05, 0.1) is 17.6 Å². The molecular formula is C11H17N3. The van der Waals surface area contributed by atoms with E-state index in [2.05, 4.69) is 22.5 Å². The van der Waals surface area contributed by atoms with Crippen LogP contribution in [0.25, 0.3) is 0 Å². The van der Waals surface area contributed by atoms with Crippen LogP contribution >= 0.6 is 0 Å². The molecule has 3 heteroatoms. The first-order valence-corrected chi connectivity index (χ1v) is 5.32. The molecule has 3 nitrogen and oxygen atoms in total. The lowest BCUT2D eigenvalue weighted by molar-refractivity contribution is 0.531. The Morgan fingerprint density at radius 2 is 2.14 bits per heavy atom. The zero-order chi connectivity index (χ0) is 9.80. The number of aromatic nitrogens is 1. The highest BCUT2D eigenvalue weighted by atomic mass is 15.0. The lowest BCUT2D eigenvalue weighted by atomic mass is 10.0. The summed E-state index contributed by atoms with van der Waals surface area (Å²) >= 11 is 0. The smallest absolute Gasteiger partial charge is 0.0762 e. The van der Waals surface area contributed by atoms with Gasteiger partial charge in [0.15, 0.2) is 0 Å². The standard InChI is InChI=1S/C11H17N3/c1-2-3-9-6-13-10-4-5-12-8-11(10)14-7-9/h4-5,8-9,13-14H,2-3,6-7H2,1H3. The molecule has 1 aliphatic heterocycles. The summed E-state index contributed by atoms with van der Waals surface area (Å²) in [5, 5.41) is 6.89. The molecule has 0 fully saturated rings. The highest BCUT2D eigenvalue weighted by Crippen LogP contribution is 2.24. The minimum atomic E-state index is 0.729. The molecule has 2 N–H and O–H groups in total. The highest BCUT2D eigenvalue weighted by molar-refractivity contribution is 5.67. The summed E-state index contributed by atoms with van der Waals surface area (Å²) in [5.41, 5.74) is 2.31. The quantitative estimate of drug-likeness (QED) is 0.753. The van der Waals surface area contributed by atoms with Crippen molar-refractivity contribution in [1.29, 1.82) is 0 Å². The maximum absolute atomic E-state index is 4.11. The normalized spacial score (nSPS) is 20.2. The third-order valence-corrected chi connectivity index (χ3v) is 2.68. The van der Waals surface area contributed by atoms with E-state index in [0.29, 0.717) is 0 Å². The molecule has 1 aromatic rings. The Labute approximate surface area is 84.9 Å². The zero-order valence-electron chi connectivity index (χ0n) is 8.59. The lowest BCUT2D eigenvalue weighted by Gasteiger charge is -2.12. The molecule has 0 aromatic carbocycles. The van der Waals surface area contributed by atoms with Crippen LogP contribution in [-0.4, -0.2) is 18.1 Å². The summed E-state index contributed by atoms with van der Waals surface area (Å²) < 4.78 is 0. The van der Waals surface area contributed by atoms with Gasteiger partial charge in [0.2, 0.25) is 0 Å². The molecular weight excluding hydrogens is 174 g/mol. The lowest BCUT2D eigenvalue weighted by Crippen LogP contribution is -2.18. The first kappa shape index (κ1) is 9.31. The van der Waals surface area contributed by atoms with Crippen LogP contribution in [0.4, 0.5) is 11.4 Å². The van der Waals surface area contributed by atoms with Gasteiger partial charge in [-0.05, 0) is 18.4 Å². The van der Waals surface area contributed by atoms with E-state index in [1.807, 2.05) is 18.5 Å². The molecule has 2 rings (SSSR count). The van der Waals surface area contributed by atoms with Gasteiger partial charge in [0.25, 0.3) is 0 Å². The number of pyridine rings is 1. The minimum Gasteiger partial charge on any atom is -0.383 e. The number of fused-ring (bicyclic) bond motifs is 1. The molecule has 0 bridgehead atoms. The molecule has 1 aliphatic rings. The van der Waals surface area contributed by atoms with Crippen molar-refractivity contribution in [2.45, 2.75) is 19.8 Å². The summed E-state index contributed by atoms with van der Waals surface area (Å²) in [6.07, 6.45) is 6.24. The van der Waals surface area contributed by atoms with E-state index in [-0.39, 0.29) is 0 Å². The van der Waals surface area contributed by atoms with E-state index in [4.69, 9.17) is 0 Å². The van der Waals surface area contributed by atoms with E-state index >= 15 is 0 Å². The fourth-order valence-electron chi connectivity index (χ4n) is 1.88. The Morgan fingerprint density at radius 3 is 2.93 bits per heavy atom. The zero-order valence-corrected chi connectivity index (χ0v) is 8.59. The van der Waals surface area contributed by atoms with Gasteiger partial charge in [-0.1, -0.05) is 13.3 Å². The summed E-state index contributed by atoms with van der Waals surface area (Å²) in [6, 6.07) is 2.02. The SMILES string of the molecule is CCCC1CNc2ccncc2NC1. The van der Waals surface area contributed by atoms with Gasteiger partial charge in [-0.3, -0.25) is 4.98 Å². The second-order valence-electron chi connectivity index (χ2n) is 3.84. The predicted octanol–water partition coefficient (Wildman–Crippen LogP) is 2.34. The summed E-state index contributed by atoms with van der Waals surface area (Å²) in [6.45, 7) is 4.36. The Hall–Kier alpha value is -1.25. The number of nitrogens with zero attached hydrogens (tertiary/aromatic N) is 1. The molecule has 14 heavy (non-hydrogen) atoms. The first-order valence-electron chi connectivity index (χ1n) is 5.32. The van der Waals surface area contributed by atoms with E-state index in [1.165, 1.54) is 18.5 Å². The van der Waals surface area contributed by atoms with Crippen molar-refractivity contribution in [3.63, 3.8) is 0 Å². The average Bonchev–Trinajstić information content (AvgIpc) is 2.42. The molecule has 1 unspecified atom stereocenters. The van der Waals surface area contributed by atoms with Crippen LogP contribution in [0, 0.1) is 5.92 Å². The number of rotatable bonds is 2. The maximum atomic E-state index is 4.11. The molecule has 1 aromatic heterocycles. The van der Waals surface area contributed by atoms with Gasteiger partial charge in [-0.25, -0.2) is 0 Å². The van der Waals surface area contributed by atoms with Gasteiger partial charge < -0.3 is 10.6 Å². The third kappa shape index (κ3) is 1.97. The molecule has 0 saturated heterocycles. The number of anilines is 2. The Morgan fingerprint density at radius 1 is 1.36 bits per heavy atom. The van der Waals surface area contributed by atoms with E-state index < -0.39 is 0 Å². The van der Waals surface area contributed by atoms with Crippen LogP contribution < -0.4 is 10.6 Å². The molecule has 0 saturated carbocycles. The molecule has 0 radical (unpaired) electrons. The summed E-state index contributed by atoms with van der Waals surface area (Å²) in [7, 11) is 0. The van der Waals surface area contributed by atoms with E-state index in [1.54, 1.807) is 0 Å². The molecule has 2 heterocycles. The van der Waals surface area contributed by atoms with Crippen LogP contribution in [0.2, 0.25) is 0 Å². The van der Waals surface area contributed by atoms with Gasteiger partial charge in [0.1, 0.15) is 0 Å². The van der Waals surface area contributed by atoms with Crippen molar-refractivity contribution >= 4 is 11.4 Å². The third-order valence-electron chi connectivity index (χ3n) is 2.68. The summed E-state index contributed by atoms with van der Waals surface area (Å²) in [5.74, 6) is 0.729. The highest BCUT2D eigenvalue weighted by Gasteiger charge is 2.13. The van der Waals surface area contributed by atoms with Crippen LogP contribution in [0.5, 0.6) is 0 Å². The Kier molecular flexibility index (Phi) is 2.87. The van der Waals surface area contributed by atoms with Crippen molar-refractivity contribution < 1.29 is 0 Å². The van der Waals surface area contributed by atoms with Gasteiger partial charge in [-0.2, -0.15) is 0 Å². The van der Waals surface area contributed by atoms with Crippen molar-refractivity contribution in [2.24, 2.45) is 5.92 Å². The van der Waals surface area contributed by atoms with Gasteiger partial charge in [-0.15, -0.1) is 0 Å². The van der Waals surface area contributed by atoms with Crippen LogP contribution in [0.1, 0.15) is 19.8 Å². The number of nitrogens with one attached hydrogen (secondary N) is 2. The minimum absolute atomic E-state index is 0.729. The number of hydrogen-bond donors (Lipinski definition) is 2. The van der Waals surface area contributed by atoms with E-state index in [0.717, 1.165) is 24.7 Å². The Balaban J connectivity index is 2.06. The fraction of sp³-hybridized carbons (Fsp3) is 0.545. The van der Waals surface area contributed by atoms with Gasteiger partial charge >= 0.3 is 0 Å². The largest absolute Gasteiger partial charge is 0.383 e. The second-order valence-corrected chi connectivity index (χ2v) is 3.84. The first-order chi connectivity index (χ1) is 6.90. The Bertz CT molecular complexity index is 271. The molecule has 1 atom stereocenters. The maximum Gasteiger partial charge on any atom is 0.0762 e. The van der Waals surface area contributed by atoms with Crippen molar-refractivity contribution in [3.05, 3.63) is 18.5 Å². The topological polar surface area (TPSA) is 37.0 Å². The fourth-order valence-corrected chi connectivity index (χ4v) is 1.88. The van der Waals surface area contributed by atoms with Crippen molar-refractivity contribution in [2.75, 3.05) is 23.7 Å². The van der Waals surface area contributed by atoms with Crippen molar-refractivity contribution in [3.8, 4) is 0 Å². The molecule has 0 amide bonds. The monoisotopic (exact) mass is 191 g/mol. The number of hydrogen-bond acceptors (Lipinski definition) is 3. The van der Waals surface area contributed by atoms with E-state index in [9.17, 15) is 0 Å². The molecule has 0 spiro atoms. The predicted molar refractivity (Wildman–Crippen MR) is 59.6 cm³/mol. The summed E-state index contributed by atoms with van der Waals surface area (Å²) in [4.78, 5) is 4.11. The van der Waals surface area contributed by atoms with Crippen LogP contribution in [-0.2, 0) is 0 Å². The van der Waals surface area contributed by atoms with Crippen LogP contribution in [0.3, 0.4) is 0 Å². The van der Waals surface area contributed by atoms with Crippen molar-refractivity contribution in [1.82, 2.24) is 4.98 Å². The van der Waals surface area contributed by atoms with Crippen LogP contribution in [0.15, 0.2) is 18.5 Å². The second kappa shape index (κ2) is 4.31. The van der Waals surface area contributed by atoms with Gasteiger partial charge in [0, 0.05) is 19.3 Å².